The maximum Gasteiger partial charge on any atom is 0.123 e. The molecule has 0 radical (unpaired) electrons. The summed E-state index contributed by atoms with van der Waals surface area (Å²) < 4.78 is 16.2. The molecule has 0 aromatic heterocycles. The predicted octanol–water partition coefficient (Wildman–Crippen LogP) is 2.10. The Balaban J connectivity index is 2.38. The van der Waals surface area contributed by atoms with Crippen LogP contribution in [-0.4, -0.2) is 26.4 Å². The summed E-state index contributed by atoms with van der Waals surface area (Å²) in [6.45, 7) is 6.28. The number of rotatable bonds is 8. The number of hydrogen-bond acceptors (Lipinski definition) is 4. The smallest absolute Gasteiger partial charge is 0.123 e. The van der Waals surface area contributed by atoms with Crippen LogP contribution >= 0.6 is 0 Å². The van der Waals surface area contributed by atoms with E-state index in [-0.39, 0.29) is 6.10 Å². The van der Waals surface area contributed by atoms with Crippen molar-refractivity contribution < 1.29 is 14.2 Å². The number of hydrogen-bond donors (Lipinski definition) is 1. The summed E-state index contributed by atoms with van der Waals surface area (Å²) in [7, 11) is 1.65. The van der Waals surface area contributed by atoms with E-state index < -0.39 is 0 Å². The van der Waals surface area contributed by atoms with Crippen molar-refractivity contribution in [2.45, 2.75) is 33.1 Å². The third-order valence-corrected chi connectivity index (χ3v) is 2.51. The average molecular weight is 253 g/mol. The highest BCUT2D eigenvalue weighted by Gasteiger charge is 2.03. The van der Waals surface area contributed by atoms with E-state index in [4.69, 9.17) is 19.9 Å². The fraction of sp³-hybridized carbons (Fsp3) is 0.571. The molecule has 1 rings (SSSR count). The van der Waals surface area contributed by atoms with Crippen molar-refractivity contribution in [3.8, 4) is 5.75 Å². The van der Waals surface area contributed by atoms with E-state index in [1.54, 1.807) is 7.11 Å². The maximum atomic E-state index is 5.66. The Morgan fingerprint density at radius 1 is 1.22 bits per heavy atom. The summed E-state index contributed by atoms with van der Waals surface area (Å²) in [5.74, 6) is 0.824. The van der Waals surface area contributed by atoms with E-state index in [9.17, 15) is 0 Å². The second-order valence-electron chi connectivity index (χ2n) is 4.32. The van der Waals surface area contributed by atoms with Crippen LogP contribution in [0.4, 0.5) is 0 Å². The molecule has 0 saturated heterocycles. The molecular formula is C14H23NO3. The normalized spacial score (nSPS) is 10.9. The first-order chi connectivity index (χ1) is 8.67. The SMILES string of the molecule is COc1ccc(COCCOC(C)C)cc1CN. The fourth-order valence-corrected chi connectivity index (χ4v) is 1.61. The molecule has 0 unspecified atom stereocenters. The Morgan fingerprint density at radius 3 is 2.61 bits per heavy atom. The molecule has 0 amide bonds. The molecule has 18 heavy (non-hydrogen) atoms. The molecule has 1 aromatic carbocycles. The van der Waals surface area contributed by atoms with Crippen molar-refractivity contribution in [1.29, 1.82) is 0 Å². The van der Waals surface area contributed by atoms with Gasteiger partial charge in [0.2, 0.25) is 0 Å². The van der Waals surface area contributed by atoms with Gasteiger partial charge in [-0.15, -0.1) is 0 Å². The van der Waals surface area contributed by atoms with Crippen molar-refractivity contribution in [1.82, 2.24) is 0 Å². The van der Waals surface area contributed by atoms with E-state index >= 15 is 0 Å². The van der Waals surface area contributed by atoms with Crippen LogP contribution in [0.3, 0.4) is 0 Å². The van der Waals surface area contributed by atoms with E-state index in [2.05, 4.69) is 0 Å². The Kier molecular flexibility index (Phi) is 6.72. The Labute approximate surface area is 109 Å². The van der Waals surface area contributed by atoms with Gasteiger partial charge in [-0.3, -0.25) is 0 Å². The van der Waals surface area contributed by atoms with Crippen LogP contribution in [0.25, 0.3) is 0 Å². The Bertz CT molecular complexity index is 353. The molecule has 1 aromatic rings. The van der Waals surface area contributed by atoms with Crippen LogP contribution in [0.2, 0.25) is 0 Å². The number of nitrogens with two attached hydrogens (primary N) is 1. The first kappa shape index (κ1) is 15.0. The lowest BCUT2D eigenvalue weighted by Crippen LogP contribution is -2.09. The molecule has 0 aliphatic heterocycles. The van der Waals surface area contributed by atoms with Gasteiger partial charge in [0.05, 0.1) is 33.0 Å². The molecular weight excluding hydrogens is 230 g/mol. The van der Waals surface area contributed by atoms with Gasteiger partial charge < -0.3 is 19.9 Å². The summed E-state index contributed by atoms with van der Waals surface area (Å²) in [6, 6.07) is 5.93. The van der Waals surface area contributed by atoms with E-state index in [1.165, 1.54) is 0 Å². The average Bonchev–Trinajstić information content (AvgIpc) is 2.37. The lowest BCUT2D eigenvalue weighted by molar-refractivity contribution is 0.0143. The zero-order chi connectivity index (χ0) is 13.4. The van der Waals surface area contributed by atoms with Gasteiger partial charge in [0.15, 0.2) is 0 Å². The van der Waals surface area contributed by atoms with E-state index in [0.29, 0.717) is 26.4 Å². The second-order valence-corrected chi connectivity index (χ2v) is 4.32. The van der Waals surface area contributed by atoms with E-state index in [0.717, 1.165) is 16.9 Å². The van der Waals surface area contributed by atoms with E-state index in [1.807, 2.05) is 32.0 Å². The summed E-state index contributed by atoms with van der Waals surface area (Å²) in [6.07, 6.45) is 0.249. The van der Waals surface area contributed by atoms with Gasteiger partial charge in [0, 0.05) is 12.1 Å². The zero-order valence-electron chi connectivity index (χ0n) is 11.4. The molecule has 4 heteroatoms. The van der Waals surface area contributed by atoms with Crippen LogP contribution in [-0.2, 0) is 22.6 Å². The van der Waals surface area contributed by atoms with Crippen LogP contribution in [0.1, 0.15) is 25.0 Å². The first-order valence-corrected chi connectivity index (χ1v) is 6.22. The molecule has 0 atom stereocenters. The lowest BCUT2D eigenvalue weighted by Gasteiger charge is -2.10. The molecule has 0 aliphatic carbocycles. The highest BCUT2D eigenvalue weighted by Crippen LogP contribution is 2.19. The third kappa shape index (κ3) is 5.04. The molecule has 0 saturated carbocycles. The molecule has 4 nitrogen and oxygen atoms in total. The Morgan fingerprint density at radius 2 is 2.00 bits per heavy atom. The minimum Gasteiger partial charge on any atom is -0.496 e. The van der Waals surface area contributed by atoms with Crippen molar-refractivity contribution in [3.05, 3.63) is 29.3 Å². The van der Waals surface area contributed by atoms with Gasteiger partial charge in [-0.25, -0.2) is 0 Å². The van der Waals surface area contributed by atoms with Crippen molar-refractivity contribution >= 4 is 0 Å². The minimum absolute atomic E-state index is 0.249. The highest BCUT2D eigenvalue weighted by atomic mass is 16.5. The number of methoxy groups -OCH3 is 1. The molecule has 102 valence electrons. The van der Waals surface area contributed by atoms with Gasteiger partial charge in [-0.1, -0.05) is 6.07 Å². The molecule has 0 fully saturated rings. The minimum atomic E-state index is 0.249. The van der Waals surface area contributed by atoms with Crippen molar-refractivity contribution in [3.63, 3.8) is 0 Å². The largest absolute Gasteiger partial charge is 0.496 e. The molecule has 0 bridgehead atoms. The highest BCUT2D eigenvalue weighted by molar-refractivity contribution is 5.36. The van der Waals surface area contributed by atoms with Gasteiger partial charge in [-0.2, -0.15) is 0 Å². The van der Waals surface area contributed by atoms with Gasteiger partial charge in [-0.05, 0) is 31.5 Å². The summed E-state index contributed by atoms with van der Waals surface area (Å²) in [5.41, 5.74) is 7.76. The summed E-state index contributed by atoms with van der Waals surface area (Å²) >= 11 is 0. The van der Waals surface area contributed by atoms with Gasteiger partial charge in [0.1, 0.15) is 5.75 Å². The number of benzene rings is 1. The standard InChI is InChI=1S/C14H23NO3/c1-11(2)18-7-6-17-10-12-4-5-14(16-3)13(8-12)9-15/h4-5,8,11H,6-7,9-10,15H2,1-3H3. The van der Waals surface area contributed by atoms with Crippen LogP contribution in [0.15, 0.2) is 18.2 Å². The third-order valence-electron chi connectivity index (χ3n) is 2.51. The first-order valence-electron chi connectivity index (χ1n) is 6.22. The molecule has 0 spiro atoms. The number of ether oxygens (including phenoxy) is 3. The second kappa shape index (κ2) is 8.08. The van der Waals surface area contributed by atoms with Crippen LogP contribution in [0, 0.1) is 0 Å². The fourth-order valence-electron chi connectivity index (χ4n) is 1.61. The van der Waals surface area contributed by atoms with Crippen LogP contribution < -0.4 is 10.5 Å². The van der Waals surface area contributed by atoms with Crippen LogP contribution in [0.5, 0.6) is 5.75 Å². The van der Waals surface area contributed by atoms with Crippen molar-refractivity contribution in [2.24, 2.45) is 5.73 Å². The molecule has 0 heterocycles. The Hall–Kier alpha value is -1.10. The monoisotopic (exact) mass is 253 g/mol. The van der Waals surface area contributed by atoms with Crippen molar-refractivity contribution in [2.75, 3.05) is 20.3 Å². The quantitative estimate of drug-likeness (QED) is 0.721. The maximum absolute atomic E-state index is 5.66. The predicted molar refractivity (Wildman–Crippen MR) is 71.6 cm³/mol. The van der Waals surface area contributed by atoms with Gasteiger partial charge >= 0.3 is 0 Å². The summed E-state index contributed by atoms with van der Waals surface area (Å²) in [4.78, 5) is 0. The lowest BCUT2D eigenvalue weighted by atomic mass is 10.1. The molecule has 0 aliphatic rings. The topological polar surface area (TPSA) is 53.7 Å². The summed E-state index contributed by atoms with van der Waals surface area (Å²) in [5, 5.41) is 0. The van der Waals surface area contributed by atoms with Gasteiger partial charge in [0.25, 0.3) is 0 Å². The zero-order valence-corrected chi connectivity index (χ0v) is 11.4. The molecule has 2 N–H and O–H groups in total.